The number of nitrogens with one attached hydrogen (secondary N) is 1. The molecule has 45 heavy (non-hydrogen) atoms. The average molecular weight is 672 g/mol. The molecule has 240 valence electrons. The first-order chi connectivity index (χ1) is 21.3. The first kappa shape index (κ1) is 32.7. The van der Waals surface area contributed by atoms with Gasteiger partial charge in [0.2, 0.25) is 0 Å². The predicted octanol–water partition coefficient (Wildman–Crippen LogP) is 4.49. The highest BCUT2D eigenvalue weighted by molar-refractivity contribution is 7.13. The molecule has 0 spiro atoms. The van der Waals surface area contributed by atoms with E-state index in [1.54, 1.807) is 12.3 Å². The number of rotatable bonds is 9. The molecule has 1 aromatic carbocycles. The van der Waals surface area contributed by atoms with Gasteiger partial charge in [-0.15, -0.1) is 11.3 Å². The Morgan fingerprint density at radius 2 is 1.93 bits per heavy atom. The van der Waals surface area contributed by atoms with E-state index in [0.29, 0.717) is 5.01 Å². The number of hydrogen-bond donors (Lipinski definition) is 2. The van der Waals surface area contributed by atoms with Gasteiger partial charge in [0.05, 0.1) is 48.2 Å². The third-order valence-electron chi connectivity index (χ3n) is 7.58. The van der Waals surface area contributed by atoms with Gasteiger partial charge in [-0.2, -0.15) is 13.2 Å². The summed E-state index contributed by atoms with van der Waals surface area (Å²) < 4.78 is 64.6. The zero-order chi connectivity index (χ0) is 32.5. The van der Waals surface area contributed by atoms with Gasteiger partial charge >= 0.3 is 24.0 Å². The second-order valence-corrected chi connectivity index (χ2v) is 11.9. The van der Waals surface area contributed by atoms with Gasteiger partial charge in [-0.3, -0.25) is 14.5 Å². The van der Waals surface area contributed by atoms with Crippen LogP contribution < -0.4 is 5.32 Å². The summed E-state index contributed by atoms with van der Waals surface area (Å²) in [7, 11) is 0. The summed E-state index contributed by atoms with van der Waals surface area (Å²) in [4.78, 5) is 52.4. The number of aromatic nitrogens is 3. The Labute approximate surface area is 262 Å². The third-order valence-corrected chi connectivity index (χ3v) is 8.66. The highest BCUT2D eigenvalue weighted by Crippen LogP contribution is 2.40. The fourth-order valence-corrected chi connectivity index (χ4v) is 6.67. The number of amides is 1. The maximum absolute atomic E-state index is 13.9. The van der Waals surface area contributed by atoms with Crippen molar-refractivity contribution in [3.8, 4) is 22.1 Å². The van der Waals surface area contributed by atoms with Gasteiger partial charge < -0.3 is 19.9 Å². The maximum atomic E-state index is 13.9. The molecule has 2 saturated heterocycles. The molecule has 5 rings (SSSR count). The van der Waals surface area contributed by atoms with Crippen molar-refractivity contribution >= 4 is 40.8 Å². The van der Waals surface area contributed by atoms with E-state index < -0.39 is 53.9 Å². The predicted molar refractivity (Wildman–Crippen MR) is 152 cm³/mol. The Bertz CT molecular complexity index is 1590. The van der Waals surface area contributed by atoms with Crippen LogP contribution in [0.2, 0.25) is 5.02 Å². The minimum Gasteiger partial charge on any atom is -0.478 e. The third kappa shape index (κ3) is 7.08. The zero-order valence-corrected chi connectivity index (χ0v) is 25.1. The summed E-state index contributed by atoms with van der Waals surface area (Å²) in [5.74, 6) is -4.89. The molecule has 2 atom stereocenters. The minimum atomic E-state index is -5.19. The number of aromatic carboxylic acids is 1. The van der Waals surface area contributed by atoms with Gasteiger partial charge in [-0.1, -0.05) is 11.6 Å². The summed E-state index contributed by atoms with van der Waals surface area (Å²) in [6.45, 7) is 1.48. The molecule has 2 unspecified atom stereocenters. The molecule has 1 amide bonds. The first-order valence-electron chi connectivity index (χ1n) is 13.7. The summed E-state index contributed by atoms with van der Waals surface area (Å²) in [6.07, 6.45) is -4.44. The number of alkyl halides is 3. The minimum absolute atomic E-state index is 0.00224. The molecule has 2 aliphatic rings. The number of halogens is 5. The number of carboxylic acids is 1. The molecule has 4 heterocycles. The van der Waals surface area contributed by atoms with E-state index in [0.717, 1.165) is 12.1 Å². The van der Waals surface area contributed by atoms with Crippen molar-refractivity contribution in [3.05, 3.63) is 51.9 Å². The molecule has 2 bridgehead atoms. The summed E-state index contributed by atoms with van der Waals surface area (Å²) in [5.41, 5.74) is -1.80. The van der Waals surface area contributed by atoms with Gasteiger partial charge in [0.1, 0.15) is 11.4 Å². The van der Waals surface area contributed by atoms with E-state index in [4.69, 9.17) is 21.1 Å². The summed E-state index contributed by atoms with van der Waals surface area (Å²) in [6, 6.07) is 2.13. The van der Waals surface area contributed by atoms with Crippen molar-refractivity contribution in [1.29, 1.82) is 0 Å². The van der Waals surface area contributed by atoms with E-state index in [2.05, 4.69) is 20.3 Å². The van der Waals surface area contributed by atoms with Crippen LogP contribution >= 0.6 is 22.9 Å². The number of piperidine rings is 1. The summed E-state index contributed by atoms with van der Waals surface area (Å²) in [5, 5.41) is 14.4. The normalized spacial score (nSPS) is 21.7. The fraction of sp³-hybridized carbons (Fsp3) is 0.429. The van der Waals surface area contributed by atoms with Gasteiger partial charge in [0.15, 0.2) is 10.8 Å². The van der Waals surface area contributed by atoms with Gasteiger partial charge in [-0.25, -0.2) is 24.1 Å². The lowest BCUT2D eigenvalue weighted by atomic mass is 9.76. The van der Waals surface area contributed by atoms with Crippen LogP contribution in [0.15, 0.2) is 29.8 Å². The molecule has 2 aromatic heterocycles. The second kappa shape index (κ2) is 12.9. The van der Waals surface area contributed by atoms with Crippen LogP contribution in [0.4, 0.5) is 17.6 Å². The van der Waals surface area contributed by atoms with Crippen molar-refractivity contribution in [2.75, 3.05) is 19.8 Å². The topological polar surface area (TPSA) is 144 Å². The van der Waals surface area contributed by atoms with Gasteiger partial charge in [0.25, 0.3) is 0 Å². The molecule has 0 aliphatic carbocycles. The molecule has 2 aliphatic heterocycles. The number of nitrogens with zero attached hydrogens (tertiary/aromatic N) is 4. The van der Waals surface area contributed by atoms with Crippen LogP contribution in [-0.2, 0) is 25.6 Å². The van der Waals surface area contributed by atoms with E-state index in [1.165, 1.54) is 23.6 Å². The molecule has 17 heteroatoms. The highest BCUT2D eigenvalue weighted by Gasteiger charge is 2.52. The standard InChI is InChI=1S/C28H26ClF4N5O6S/c1-2-44-20(39)10-27(37-26(42)28(31,32)33)8-15-12-43-13-16(9-27)38(15)11-19-21(25(40)41)22(17-4-3-14(30)7-18(17)29)36-23(35-19)24-34-5-6-45-24/h3-7,15-16H,2,8-13H2,1H3,(H,37,42)(H,40,41). The number of hydrogen-bond acceptors (Lipinski definition) is 10. The van der Waals surface area contributed by atoms with Crippen molar-refractivity contribution in [2.45, 2.75) is 56.5 Å². The largest absolute Gasteiger partial charge is 0.478 e. The van der Waals surface area contributed by atoms with E-state index in [9.17, 15) is 37.1 Å². The monoisotopic (exact) mass is 671 g/mol. The maximum Gasteiger partial charge on any atom is 0.471 e. The molecule has 0 saturated carbocycles. The van der Waals surface area contributed by atoms with Crippen molar-refractivity contribution in [3.63, 3.8) is 0 Å². The Hall–Kier alpha value is -3.73. The SMILES string of the molecule is CCOC(=O)CC1(NC(=O)C(F)(F)F)CC2COCC(C1)N2Cc1nc(-c2nccs2)nc(-c2ccc(F)cc2Cl)c1C(=O)O. The number of ether oxygens (including phenoxy) is 2. The Balaban J connectivity index is 1.56. The van der Waals surface area contributed by atoms with Gasteiger partial charge in [-0.05, 0) is 38.0 Å². The van der Waals surface area contributed by atoms with Crippen LogP contribution in [0.3, 0.4) is 0 Å². The van der Waals surface area contributed by atoms with E-state index >= 15 is 0 Å². The zero-order valence-electron chi connectivity index (χ0n) is 23.6. The van der Waals surface area contributed by atoms with E-state index in [-0.39, 0.29) is 72.6 Å². The lowest BCUT2D eigenvalue weighted by molar-refractivity contribution is -0.179. The van der Waals surface area contributed by atoms with E-state index in [1.807, 2.05) is 4.90 Å². The number of benzene rings is 1. The number of fused-ring (bicyclic) bond motifs is 2. The number of thiazole rings is 1. The average Bonchev–Trinajstić information content (AvgIpc) is 3.48. The Morgan fingerprint density at radius 1 is 1.22 bits per heavy atom. The molecule has 2 fully saturated rings. The van der Waals surface area contributed by atoms with Gasteiger partial charge in [0, 0.05) is 35.8 Å². The molecular weight excluding hydrogens is 646 g/mol. The molecular formula is C28H26ClF4N5O6S. The second-order valence-electron chi connectivity index (χ2n) is 10.6. The lowest BCUT2D eigenvalue weighted by Gasteiger charge is -2.53. The molecule has 0 radical (unpaired) electrons. The Kier molecular flexibility index (Phi) is 9.39. The molecule has 11 nitrogen and oxygen atoms in total. The van der Waals surface area contributed by atoms with Crippen LogP contribution in [-0.4, -0.2) is 86.4 Å². The Morgan fingerprint density at radius 3 is 2.51 bits per heavy atom. The van der Waals surface area contributed by atoms with Crippen molar-refractivity contribution < 1.29 is 46.5 Å². The number of morpholine rings is 1. The quantitative estimate of drug-likeness (QED) is 0.247. The number of carboxylic acid groups (broad SMARTS) is 1. The van der Waals surface area contributed by atoms with Crippen LogP contribution in [0.25, 0.3) is 22.1 Å². The van der Waals surface area contributed by atoms with Crippen LogP contribution in [0, 0.1) is 5.82 Å². The fourth-order valence-electron chi connectivity index (χ4n) is 5.84. The molecule has 2 N–H and O–H groups in total. The van der Waals surface area contributed by atoms with Crippen LogP contribution in [0.5, 0.6) is 0 Å². The molecule has 3 aromatic rings. The highest BCUT2D eigenvalue weighted by atomic mass is 35.5. The number of carbonyl (C=O) groups excluding carboxylic acids is 2. The smallest absolute Gasteiger partial charge is 0.471 e. The summed E-state index contributed by atoms with van der Waals surface area (Å²) >= 11 is 7.53. The van der Waals surface area contributed by atoms with Crippen molar-refractivity contribution in [2.24, 2.45) is 0 Å². The lowest BCUT2D eigenvalue weighted by Crippen LogP contribution is -2.67. The van der Waals surface area contributed by atoms with Crippen LogP contribution in [0.1, 0.15) is 42.2 Å². The number of carbonyl (C=O) groups is 3. The van der Waals surface area contributed by atoms with Crippen molar-refractivity contribution in [1.82, 2.24) is 25.2 Å². The first-order valence-corrected chi connectivity index (χ1v) is 14.9. The number of esters is 1.